The summed E-state index contributed by atoms with van der Waals surface area (Å²) < 4.78 is 4.98. The first-order valence-electron chi connectivity index (χ1n) is 4.59. The first-order valence-corrected chi connectivity index (χ1v) is 4.59. The number of hydrogen-bond donors (Lipinski definition) is 1. The Kier molecular flexibility index (Phi) is 5.66. The van der Waals surface area contributed by atoms with Gasteiger partial charge in [0.2, 0.25) is 5.91 Å². The maximum absolute atomic E-state index is 11.5. The summed E-state index contributed by atoms with van der Waals surface area (Å²) in [5.74, 6) is -0.0212. The minimum absolute atomic E-state index is 0.0212. The average molecular weight is 188 g/mol. The molecule has 78 valence electrons. The van der Waals surface area contributed by atoms with Crippen LogP contribution >= 0.6 is 0 Å². The van der Waals surface area contributed by atoms with Gasteiger partial charge in [-0.05, 0) is 20.8 Å². The van der Waals surface area contributed by atoms with Gasteiger partial charge in [0, 0.05) is 13.7 Å². The molecule has 4 nitrogen and oxygen atoms in total. The normalized spacial score (nSPS) is 15.2. The monoisotopic (exact) mass is 188 g/mol. The zero-order valence-electron chi connectivity index (χ0n) is 8.91. The summed E-state index contributed by atoms with van der Waals surface area (Å²) >= 11 is 0. The maximum atomic E-state index is 11.5. The van der Waals surface area contributed by atoms with E-state index in [4.69, 9.17) is 10.5 Å². The second-order valence-electron chi connectivity index (χ2n) is 3.22. The third-order valence-electron chi connectivity index (χ3n) is 1.95. The van der Waals surface area contributed by atoms with Gasteiger partial charge in [0.1, 0.15) is 0 Å². The zero-order chi connectivity index (χ0) is 10.4. The van der Waals surface area contributed by atoms with Crippen molar-refractivity contribution < 1.29 is 9.53 Å². The van der Waals surface area contributed by atoms with E-state index in [0.29, 0.717) is 13.2 Å². The van der Waals surface area contributed by atoms with Gasteiger partial charge in [0.25, 0.3) is 0 Å². The van der Waals surface area contributed by atoms with Crippen LogP contribution in [0.2, 0.25) is 0 Å². The summed E-state index contributed by atoms with van der Waals surface area (Å²) in [4.78, 5) is 13.3. The fraction of sp³-hybridized carbons (Fsp3) is 0.889. The predicted molar refractivity (Wildman–Crippen MR) is 52.4 cm³/mol. The summed E-state index contributed by atoms with van der Waals surface area (Å²) in [7, 11) is 1.63. The molecule has 2 N–H and O–H groups in total. The molecule has 4 heteroatoms. The first kappa shape index (κ1) is 12.4. The van der Waals surface area contributed by atoms with Crippen LogP contribution in [0.3, 0.4) is 0 Å². The van der Waals surface area contributed by atoms with Crippen LogP contribution < -0.4 is 5.73 Å². The Morgan fingerprint density at radius 1 is 1.54 bits per heavy atom. The molecule has 0 fully saturated rings. The van der Waals surface area contributed by atoms with E-state index < -0.39 is 6.04 Å². The van der Waals surface area contributed by atoms with E-state index in [0.717, 1.165) is 0 Å². The molecule has 0 saturated carbocycles. The van der Waals surface area contributed by atoms with E-state index in [1.54, 1.807) is 18.9 Å². The Bertz CT molecular complexity index is 160. The molecule has 0 rings (SSSR count). The van der Waals surface area contributed by atoms with E-state index in [1.807, 2.05) is 13.8 Å². The van der Waals surface area contributed by atoms with E-state index in [2.05, 4.69) is 0 Å². The Hall–Kier alpha value is -0.610. The summed E-state index contributed by atoms with van der Waals surface area (Å²) in [6, 6.07) is -0.340. The number of likely N-dealkylation sites (N-methyl/N-ethyl adjacent to an activating group) is 1. The highest BCUT2D eigenvalue weighted by molar-refractivity contribution is 5.81. The lowest BCUT2D eigenvalue weighted by Crippen LogP contribution is -2.47. The third kappa shape index (κ3) is 3.74. The summed E-state index contributed by atoms with van der Waals surface area (Å²) in [6.45, 7) is 6.81. The molecule has 0 radical (unpaired) electrons. The molecule has 0 aromatic carbocycles. The smallest absolute Gasteiger partial charge is 0.239 e. The Labute approximate surface area is 80.0 Å². The van der Waals surface area contributed by atoms with Gasteiger partial charge in [0.15, 0.2) is 0 Å². The Morgan fingerprint density at radius 2 is 2.08 bits per heavy atom. The SMILES string of the molecule is CCN(C(=O)[C@@H](C)N)C(C)COC. The molecule has 0 bridgehead atoms. The number of carbonyl (C=O) groups is 1. The lowest BCUT2D eigenvalue weighted by atomic mass is 10.2. The van der Waals surface area contributed by atoms with Crippen LogP contribution in [0.15, 0.2) is 0 Å². The van der Waals surface area contributed by atoms with Gasteiger partial charge in [-0.3, -0.25) is 4.79 Å². The van der Waals surface area contributed by atoms with Crippen molar-refractivity contribution >= 4 is 5.91 Å². The fourth-order valence-electron chi connectivity index (χ4n) is 1.28. The van der Waals surface area contributed by atoms with Crippen molar-refractivity contribution in [2.24, 2.45) is 5.73 Å². The van der Waals surface area contributed by atoms with Crippen molar-refractivity contribution in [2.45, 2.75) is 32.9 Å². The number of nitrogens with zero attached hydrogens (tertiary/aromatic N) is 1. The molecule has 2 atom stereocenters. The minimum atomic E-state index is -0.431. The van der Waals surface area contributed by atoms with Crippen LogP contribution in [0.1, 0.15) is 20.8 Å². The molecule has 1 amide bonds. The molecule has 1 unspecified atom stereocenters. The highest BCUT2D eigenvalue weighted by atomic mass is 16.5. The molecule has 13 heavy (non-hydrogen) atoms. The molecular formula is C9H20N2O2. The van der Waals surface area contributed by atoms with E-state index in [9.17, 15) is 4.79 Å². The van der Waals surface area contributed by atoms with Crippen LogP contribution in [0.5, 0.6) is 0 Å². The maximum Gasteiger partial charge on any atom is 0.239 e. The molecule has 0 saturated heterocycles. The molecule has 0 aliphatic heterocycles. The molecule has 0 aliphatic rings. The van der Waals surface area contributed by atoms with Gasteiger partial charge >= 0.3 is 0 Å². The largest absolute Gasteiger partial charge is 0.383 e. The average Bonchev–Trinajstić information content (AvgIpc) is 2.05. The van der Waals surface area contributed by atoms with Crippen LogP contribution in [-0.2, 0) is 9.53 Å². The molecule has 0 spiro atoms. The van der Waals surface area contributed by atoms with Crippen LogP contribution in [0.25, 0.3) is 0 Å². The topological polar surface area (TPSA) is 55.6 Å². The van der Waals surface area contributed by atoms with Crippen molar-refractivity contribution in [1.82, 2.24) is 4.90 Å². The highest BCUT2D eigenvalue weighted by Gasteiger charge is 2.20. The molecular weight excluding hydrogens is 168 g/mol. The fourth-order valence-corrected chi connectivity index (χ4v) is 1.28. The van der Waals surface area contributed by atoms with E-state index in [1.165, 1.54) is 0 Å². The zero-order valence-corrected chi connectivity index (χ0v) is 8.91. The lowest BCUT2D eigenvalue weighted by molar-refractivity contribution is -0.135. The predicted octanol–water partition coefficient (Wildman–Crippen LogP) is 0.217. The van der Waals surface area contributed by atoms with Crippen LogP contribution in [-0.4, -0.2) is 43.2 Å². The highest BCUT2D eigenvalue weighted by Crippen LogP contribution is 2.01. The number of rotatable bonds is 5. The van der Waals surface area contributed by atoms with Gasteiger partial charge in [-0.15, -0.1) is 0 Å². The lowest BCUT2D eigenvalue weighted by Gasteiger charge is -2.28. The minimum Gasteiger partial charge on any atom is -0.383 e. The molecule has 0 aromatic heterocycles. The van der Waals surface area contributed by atoms with Gasteiger partial charge in [-0.2, -0.15) is 0 Å². The van der Waals surface area contributed by atoms with Crippen LogP contribution in [0, 0.1) is 0 Å². The number of ether oxygens (including phenoxy) is 1. The molecule has 0 aromatic rings. The second kappa shape index (κ2) is 5.94. The van der Waals surface area contributed by atoms with Crippen molar-refractivity contribution in [2.75, 3.05) is 20.3 Å². The van der Waals surface area contributed by atoms with E-state index >= 15 is 0 Å². The number of nitrogens with two attached hydrogens (primary N) is 1. The number of hydrogen-bond acceptors (Lipinski definition) is 3. The van der Waals surface area contributed by atoms with E-state index in [-0.39, 0.29) is 11.9 Å². The van der Waals surface area contributed by atoms with Crippen molar-refractivity contribution in [1.29, 1.82) is 0 Å². The van der Waals surface area contributed by atoms with Gasteiger partial charge in [-0.1, -0.05) is 0 Å². The Morgan fingerprint density at radius 3 is 2.38 bits per heavy atom. The summed E-state index contributed by atoms with van der Waals surface area (Å²) in [6.07, 6.45) is 0. The Balaban J connectivity index is 4.23. The first-order chi connectivity index (χ1) is 6.04. The quantitative estimate of drug-likeness (QED) is 0.671. The van der Waals surface area contributed by atoms with Crippen molar-refractivity contribution in [3.05, 3.63) is 0 Å². The van der Waals surface area contributed by atoms with Crippen molar-refractivity contribution in [3.63, 3.8) is 0 Å². The van der Waals surface area contributed by atoms with Crippen LogP contribution in [0.4, 0.5) is 0 Å². The van der Waals surface area contributed by atoms with Gasteiger partial charge in [0.05, 0.1) is 18.7 Å². The van der Waals surface area contributed by atoms with Crippen molar-refractivity contribution in [3.8, 4) is 0 Å². The molecule has 0 heterocycles. The van der Waals surface area contributed by atoms with Gasteiger partial charge in [-0.25, -0.2) is 0 Å². The summed E-state index contributed by atoms with van der Waals surface area (Å²) in [5, 5.41) is 0. The standard InChI is InChI=1S/C9H20N2O2/c1-5-11(7(2)6-13-4)9(12)8(3)10/h7-8H,5-6,10H2,1-4H3/t7?,8-/m1/s1. The third-order valence-corrected chi connectivity index (χ3v) is 1.95. The second-order valence-corrected chi connectivity index (χ2v) is 3.22. The van der Waals surface area contributed by atoms with Gasteiger partial charge < -0.3 is 15.4 Å². The summed E-state index contributed by atoms with van der Waals surface area (Å²) in [5.41, 5.74) is 5.51. The number of amides is 1. The number of carbonyl (C=O) groups excluding carboxylic acids is 1. The molecule has 0 aliphatic carbocycles. The number of methoxy groups -OCH3 is 1.